The summed E-state index contributed by atoms with van der Waals surface area (Å²) in [4.78, 5) is 39.0. The lowest BCUT2D eigenvalue weighted by Crippen LogP contribution is -2.29. The molecule has 1 aliphatic rings. The molecule has 0 aliphatic carbocycles. The molecule has 1 aliphatic heterocycles. The van der Waals surface area contributed by atoms with Gasteiger partial charge in [0, 0.05) is 16.1 Å². The summed E-state index contributed by atoms with van der Waals surface area (Å²) in [7, 11) is 1.27. The van der Waals surface area contributed by atoms with Crippen LogP contribution < -0.4 is 4.90 Å². The zero-order chi connectivity index (χ0) is 23.0. The number of methoxy groups -OCH3 is 1. The summed E-state index contributed by atoms with van der Waals surface area (Å²) in [6.07, 6.45) is 0. The van der Waals surface area contributed by atoms with Gasteiger partial charge in [-0.15, -0.1) is 0 Å². The zero-order valence-electron chi connectivity index (χ0n) is 17.0. The van der Waals surface area contributed by atoms with E-state index in [0.717, 1.165) is 4.47 Å². The largest absolute Gasteiger partial charge is 0.507 e. The predicted octanol–water partition coefficient (Wildman–Crippen LogP) is 4.16. The number of aliphatic hydroxyl groups is 1. The third-order valence-electron chi connectivity index (χ3n) is 5.07. The van der Waals surface area contributed by atoms with Gasteiger partial charge in [-0.2, -0.15) is 0 Å². The molecule has 8 nitrogen and oxygen atoms in total. The van der Waals surface area contributed by atoms with Crippen LogP contribution in [0.5, 0.6) is 0 Å². The topological polar surface area (TPSA) is 110 Å². The van der Waals surface area contributed by atoms with E-state index in [1.807, 2.05) is 0 Å². The molecule has 2 heterocycles. The van der Waals surface area contributed by atoms with Crippen molar-refractivity contribution in [2.24, 2.45) is 0 Å². The van der Waals surface area contributed by atoms with Crippen molar-refractivity contribution in [2.75, 3.05) is 12.0 Å². The molecule has 1 atom stereocenters. The van der Waals surface area contributed by atoms with Crippen molar-refractivity contribution in [1.29, 1.82) is 0 Å². The van der Waals surface area contributed by atoms with Gasteiger partial charge in [0.25, 0.3) is 5.78 Å². The predicted molar refractivity (Wildman–Crippen MR) is 118 cm³/mol. The van der Waals surface area contributed by atoms with E-state index in [2.05, 4.69) is 21.1 Å². The highest BCUT2D eigenvalue weighted by Crippen LogP contribution is 2.42. The second kappa shape index (κ2) is 8.43. The molecule has 1 N–H and O–H groups in total. The van der Waals surface area contributed by atoms with E-state index in [1.54, 1.807) is 43.3 Å². The molecule has 0 spiro atoms. The minimum absolute atomic E-state index is 0.0937. The third-order valence-corrected chi connectivity index (χ3v) is 5.60. The molecule has 9 heteroatoms. The van der Waals surface area contributed by atoms with E-state index < -0.39 is 23.7 Å². The Labute approximate surface area is 191 Å². The fourth-order valence-electron chi connectivity index (χ4n) is 3.53. The van der Waals surface area contributed by atoms with Gasteiger partial charge in [-0.1, -0.05) is 45.4 Å². The van der Waals surface area contributed by atoms with Crippen LogP contribution in [0.1, 0.15) is 33.3 Å². The van der Waals surface area contributed by atoms with Crippen LogP contribution in [0.25, 0.3) is 5.76 Å². The van der Waals surface area contributed by atoms with Gasteiger partial charge in [0.15, 0.2) is 5.82 Å². The summed E-state index contributed by atoms with van der Waals surface area (Å²) >= 11 is 3.33. The first-order chi connectivity index (χ1) is 15.3. The second-order valence-electron chi connectivity index (χ2n) is 7.09. The van der Waals surface area contributed by atoms with Crippen molar-refractivity contribution < 1.29 is 28.8 Å². The summed E-state index contributed by atoms with van der Waals surface area (Å²) in [6.45, 7) is 1.66. The third kappa shape index (κ3) is 3.71. The maximum atomic E-state index is 13.0. The first kappa shape index (κ1) is 21.5. The minimum atomic E-state index is -0.977. The lowest BCUT2D eigenvalue weighted by atomic mass is 9.94. The number of hydrogen-bond acceptors (Lipinski definition) is 7. The van der Waals surface area contributed by atoms with Crippen molar-refractivity contribution in [3.8, 4) is 0 Å². The van der Waals surface area contributed by atoms with Gasteiger partial charge >= 0.3 is 11.9 Å². The van der Waals surface area contributed by atoms with Crippen LogP contribution in [0.3, 0.4) is 0 Å². The Morgan fingerprint density at radius 3 is 2.28 bits per heavy atom. The molecule has 0 unspecified atom stereocenters. The molecule has 1 amide bonds. The quantitative estimate of drug-likeness (QED) is 0.250. The van der Waals surface area contributed by atoms with E-state index in [4.69, 9.17) is 9.26 Å². The summed E-state index contributed by atoms with van der Waals surface area (Å²) in [5, 5.41) is 14.9. The molecule has 4 rings (SSSR count). The van der Waals surface area contributed by atoms with Gasteiger partial charge in [0.1, 0.15) is 11.5 Å². The zero-order valence-corrected chi connectivity index (χ0v) is 18.6. The molecule has 2 aromatic carbocycles. The number of aliphatic hydroxyl groups excluding tert-OH is 1. The van der Waals surface area contributed by atoms with Crippen molar-refractivity contribution in [3.05, 3.63) is 87.1 Å². The number of aromatic nitrogens is 1. The molecule has 1 aromatic heterocycles. The number of benzene rings is 2. The summed E-state index contributed by atoms with van der Waals surface area (Å²) < 4.78 is 10.6. The van der Waals surface area contributed by atoms with E-state index in [0.29, 0.717) is 22.5 Å². The standard InChI is InChI=1S/C23H17BrN2O6/c1-12-11-17(25-32-12)26-19(13-3-5-15(6-4-13)23(30)31-2)18(21(28)22(26)29)20(27)14-7-9-16(24)10-8-14/h3-11,19,27H,1-2H3/t19-/m0/s1. The van der Waals surface area contributed by atoms with Gasteiger partial charge < -0.3 is 14.4 Å². The van der Waals surface area contributed by atoms with Crippen molar-refractivity contribution in [1.82, 2.24) is 5.16 Å². The summed E-state index contributed by atoms with van der Waals surface area (Å²) in [5.74, 6) is -1.95. The molecule has 0 bridgehead atoms. The van der Waals surface area contributed by atoms with Gasteiger partial charge in [0.2, 0.25) is 0 Å². The van der Waals surface area contributed by atoms with Crippen LogP contribution in [0.15, 0.2) is 69.2 Å². The van der Waals surface area contributed by atoms with Crippen molar-refractivity contribution in [3.63, 3.8) is 0 Å². The Morgan fingerprint density at radius 2 is 1.72 bits per heavy atom. The fourth-order valence-corrected chi connectivity index (χ4v) is 3.80. The number of halogens is 1. The van der Waals surface area contributed by atoms with Gasteiger partial charge in [-0.25, -0.2) is 4.79 Å². The molecule has 1 saturated heterocycles. The molecule has 1 fully saturated rings. The Hall–Kier alpha value is -3.72. The van der Waals surface area contributed by atoms with E-state index in [-0.39, 0.29) is 17.2 Å². The number of Topliss-reactive ketones (excluding diaryl/α,β-unsaturated/α-hetero) is 1. The highest BCUT2D eigenvalue weighted by atomic mass is 79.9. The SMILES string of the molecule is COC(=O)c1ccc([C@H]2C(=C(O)c3ccc(Br)cc3)C(=O)C(=O)N2c2cc(C)on2)cc1. The molecular weight excluding hydrogens is 480 g/mol. The number of ketones is 1. The Kier molecular flexibility index (Phi) is 5.67. The van der Waals surface area contributed by atoms with Crippen molar-refractivity contribution >= 4 is 45.2 Å². The Balaban J connectivity index is 1.90. The number of anilines is 1. The average molecular weight is 497 g/mol. The first-order valence-electron chi connectivity index (χ1n) is 9.50. The van der Waals surface area contributed by atoms with Crippen LogP contribution in [-0.4, -0.2) is 35.0 Å². The van der Waals surface area contributed by atoms with E-state index in [1.165, 1.54) is 30.2 Å². The molecule has 0 saturated carbocycles. The molecule has 32 heavy (non-hydrogen) atoms. The van der Waals surface area contributed by atoms with Gasteiger partial charge in [-0.05, 0) is 36.8 Å². The van der Waals surface area contributed by atoms with Crippen LogP contribution in [0.4, 0.5) is 5.82 Å². The highest BCUT2D eigenvalue weighted by Gasteiger charge is 2.48. The smallest absolute Gasteiger partial charge is 0.337 e. The van der Waals surface area contributed by atoms with Crippen molar-refractivity contribution in [2.45, 2.75) is 13.0 Å². The Bertz CT molecular complexity index is 1240. The minimum Gasteiger partial charge on any atom is -0.507 e. The lowest BCUT2D eigenvalue weighted by molar-refractivity contribution is -0.132. The second-order valence-corrected chi connectivity index (χ2v) is 8.00. The fraction of sp³-hybridized carbons (Fsp3) is 0.130. The molecular formula is C23H17BrN2O6. The van der Waals surface area contributed by atoms with Crippen LogP contribution >= 0.6 is 15.9 Å². The number of hydrogen-bond donors (Lipinski definition) is 1. The van der Waals surface area contributed by atoms with E-state index >= 15 is 0 Å². The Morgan fingerprint density at radius 1 is 1.09 bits per heavy atom. The highest BCUT2D eigenvalue weighted by molar-refractivity contribution is 9.10. The number of amides is 1. The van der Waals surface area contributed by atoms with Crippen LogP contribution in [0.2, 0.25) is 0 Å². The van der Waals surface area contributed by atoms with E-state index in [9.17, 15) is 19.5 Å². The maximum absolute atomic E-state index is 13.0. The van der Waals surface area contributed by atoms with Gasteiger partial charge in [-0.3, -0.25) is 14.5 Å². The summed E-state index contributed by atoms with van der Waals surface area (Å²) in [6, 6.07) is 13.5. The summed E-state index contributed by atoms with van der Waals surface area (Å²) in [5.41, 5.74) is 1.08. The van der Waals surface area contributed by atoms with Gasteiger partial charge in [0.05, 0.1) is 24.3 Å². The number of esters is 1. The van der Waals surface area contributed by atoms with Crippen LogP contribution in [-0.2, 0) is 14.3 Å². The number of ether oxygens (including phenoxy) is 1. The first-order valence-corrected chi connectivity index (χ1v) is 10.3. The lowest BCUT2D eigenvalue weighted by Gasteiger charge is -2.23. The monoisotopic (exact) mass is 496 g/mol. The van der Waals surface area contributed by atoms with Crippen LogP contribution in [0, 0.1) is 6.92 Å². The number of nitrogens with zero attached hydrogens (tertiary/aromatic N) is 2. The number of aryl methyl sites for hydroxylation is 1. The number of rotatable bonds is 4. The molecule has 3 aromatic rings. The molecule has 162 valence electrons. The number of carbonyl (C=O) groups is 3. The average Bonchev–Trinajstić information content (AvgIpc) is 3.34. The normalized spacial score (nSPS) is 17.6. The maximum Gasteiger partial charge on any atom is 0.337 e. The molecule has 0 radical (unpaired) electrons. The number of carbonyl (C=O) groups excluding carboxylic acids is 3.